The first-order chi connectivity index (χ1) is 13.7. The molecule has 0 spiro atoms. The third-order valence-corrected chi connectivity index (χ3v) is 5.76. The van der Waals surface area contributed by atoms with Crippen molar-refractivity contribution in [2.24, 2.45) is 18.0 Å². The summed E-state index contributed by atoms with van der Waals surface area (Å²) in [6.45, 7) is 8.40. The standard InChI is InChI=1S/C23H35N5.HI/c1-4-20-18-28(15-13-22(20)21-11-7-6-8-12-21)23(24-5-2)25-14-9-10-19-16-26-27(3)17-19;/h6-8,11-12,16-17,20,22H,4-5,9-10,13-15,18H2,1-3H3,(H,24,25);1H. The number of rotatable bonds is 7. The summed E-state index contributed by atoms with van der Waals surface area (Å²) in [6.07, 6.45) is 8.53. The van der Waals surface area contributed by atoms with Crippen molar-refractivity contribution in [3.8, 4) is 0 Å². The third-order valence-electron chi connectivity index (χ3n) is 5.76. The van der Waals surface area contributed by atoms with Crippen molar-refractivity contribution >= 4 is 29.9 Å². The number of hydrogen-bond donors (Lipinski definition) is 1. The molecule has 1 N–H and O–H groups in total. The fourth-order valence-corrected chi connectivity index (χ4v) is 4.27. The molecule has 1 aromatic heterocycles. The van der Waals surface area contributed by atoms with Gasteiger partial charge in [-0.15, -0.1) is 24.0 Å². The van der Waals surface area contributed by atoms with Crippen LogP contribution in [0.15, 0.2) is 47.7 Å². The van der Waals surface area contributed by atoms with E-state index in [0.29, 0.717) is 11.8 Å². The summed E-state index contributed by atoms with van der Waals surface area (Å²) in [5.41, 5.74) is 2.78. The number of guanidine groups is 1. The van der Waals surface area contributed by atoms with E-state index in [0.717, 1.165) is 45.0 Å². The van der Waals surface area contributed by atoms with Crippen molar-refractivity contribution < 1.29 is 0 Å². The van der Waals surface area contributed by atoms with Crippen molar-refractivity contribution in [2.45, 2.75) is 45.4 Å². The number of benzene rings is 1. The van der Waals surface area contributed by atoms with E-state index in [4.69, 9.17) is 4.99 Å². The number of likely N-dealkylation sites (tertiary alicyclic amines) is 1. The molecule has 2 heterocycles. The maximum Gasteiger partial charge on any atom is 0.193 e. The molecule has 0 radical (unpaired) electrons. The van der Waals surface area contributed by atoms with Crippen LogP contribution in [0.4, 0.5) is 0 Å². The molecule has 0 amide bonds. The predicted octanol–water partition coefficient (Wildman–Crippen LogP) is 4.45. The predicted molar refractivity (Wildman–Crippen MR) is 132 cm³/mol. The minimum absolute atomic E-state index is 0. The first kappa shape index (κ1) is 23.7. The highest BCUT2D eigenvalue weighted by Gasteiger charge is 2.30. The summed E-state index contributed by atoms with van der Waals surface area (Å²) in [4.78, 5) is 7.40. The van der Waals surface area contributed by atoms with Gasteiger partial charge in [-0.25, -0.2) is 0 Å². The fraction of sp³-hybridized carbons (Fsp3) is 0.565. The molecular formula is C23H36IN5. The molecule has 160 valence electrons. The van der Waals surface area contributed by atoms with Gasteiger partial charge in [0.05, 0.1) is 6.20 Å². The van der Waals surface area contributed by atoms with Crippen molar-refractivity contribution in [1.29, 1.82) is 0 Å². The lowest BCUT2D eigenvalue weighted by atomic mass is 9.79. The van der Waals surface area contributed by atoms with Crippen LogP contribution in [0.3, 0.4) is 0 Å². The first-order valence-corrected chi connectivity index (χ1v) is 10.8. The van der Waals surface area contributed by atoms with Gasteiger partial charge < -0.3 is 10.2 Å². The summed E-state index contributed by atoms with van der Waals surface area (Å²) >= 11 is 0. The van der Waals surface area contributed by atoms with E-state index in [9.17, 15) is 0 Å². The highest BCUT2D eigenvalue weighted by molar-refractivity contribution is 14.0. The zero-order valence-electron chi connectivity index (χ0n) is 18.1. The zero-order valence-corrected chi connectivity index (χ0v) is 20.4. The number of piperidine rings is 1. The van der Waals surface area contributed by atoms with Gasteiger partial charge in [-0.2, -0.15) is 5.10 Å². The van der Waals surface area contributed by atoms with Crippen molar-refractivity contribution in [3.05, 3.63) is 53.9 Å². The van der Waals surface area contributed by atoms with Gasteiger partial charge in [0.15, 0.2) is 5.96 Å². The Labute approximate surface area is 193 Å². The molecule has 1 aliphatic rings. The Morgan fingerprint density at radius 1 is 1.24 bits per heavy atom. The normalized spacial score (nSPS) is 19.7. The first-order valence-electron chi connectivity index (χ1n) is 10.8. The SMILES string of the molecule is CCNC(=NCCCc1cnn(C)c1)N1CCC(c2ccccc2)C(CC)C1.I. The number of nitrogens with one attached hydrogen (secondary N) is 1. The van der Waals surface area contributed by atoms with E-state index in [1.54, 1.807) is 0 Å². The Morgan fingerprint density at radius 2 is 2.03 bits per heavy atom. The second-order valence-electron chi connectivity index (χ2n) is 7.78. The van der Waals surface area contributed by atoms with Gasteiger partial charge in [0.2, 0.25) is 0 Å². The minimum atomic E-state index is 0. The van der Waals surface area contributed by atoms with E-state index in [-0.39, 0.29) is 24.0 Å². The Bertz CT molecular complexity index is 743. The number of aryl methyl sites for hydroxylation is 2. The Balaban J connectivity index is 0.00000300. The lowest BCUT2D eigenvalue weighted by molar-refractivity contribution is 0.215. The largest absolute Gasteiger partial charge is 0.357 e. The molecule has 2 unspecified atom stereocenters. The fourth-order valence-electron chi connectivity index (χ4n) is 4.27. The molecule has 3 rings (SSSR count). The molecule has 6 heteroatoms. The van der Waals surface area contributed by atoms with Crippen molar-refractivity contribution in [3.63, 3.8) is 0 Å². The van der Waals surface area contributed by atoms with Crippen LogP contribution < -0.4 is 5.32 Å². The zero-order chi connectivity index (χ0) is 19.8. The Kier molecular flexibility index (Phi) is 9.97. The molecular weight excluding hydrogens is 473 g/mol. The van der Waals surface area contributed by atoms with Crippen LogP contribution in [0.5, 0.6) is 0 Å². The molecule has 1 saturated heterocycles. The van der Waals surface area contributed by atoms with Crippen LogP contribution >= 0.6 is 24.0 Å². The summed E-state index contributed by atoms with van der Waals surface area (Å²) in [6, 6.07) is 11.0. The molecule has 0 bridgehead atoms. The molecule has 2 atom stereocenters. The maximum absolute atomic E-state index is 4.93. The van der Waals surface area contributed by atoms with Crippen molar-refractivity contribution in [2.75, 3.05) is 26.2 Å². The van der Waals surface area contributed by atoms with Gasteiger partial charge in [-0.05, 0) is 49.1 Å². The summed E-state index contributed by atoms with van der Waals surface area (Å²) in [7, 11) is 1.97. The van der Waals surface area contributed by atoms with Gasteiger partial charge in [-0.1, -0.05) is 43.7 Å². The average molecular weight is 509 g/mol. The molecule has 0 aliphatic carbocycles. The van der Waals surface area contributed by atoms with E-state index < -0.39 is 0 Å². The quantitative estimate of drug-likeness (QED) is 0.260. The smallest absolute Gasteiger partial charge is 0.193 e. The van der Waals surface area contributed by atoms with E-state index in [1.807, 2.05) is 17.9 Å². The maximum atomic E-state index is 4.93. The second-order valence-corrected chi connectivity index (χ2v) is 7.78. The average Bonchev–Trinajstić information content (AvgIpc) is 3.15. The van der Waals surface area contributed by atoms with E-state index in [2.05, 4.69) is 65.7 Å². The van der Waals surface area contributed by atoms with Crippen LogP contribution in [-0.4, -0.2) is 46.8 Å². The number of aliphatic imine (C=N–C) groups is 1. The minimum Gasteiger partial charge on any atom is -0.357 e. The summed E-state index contributed by atoms with van der Waals surface area (Å²) in [5, 5.41) is 7.76. The Morgan fingerprint density at radius 3 is 2.69 bits per heavy atom. The van der Waals surface area contributed by atoms with Crippen LogP contribution in [0.1, 0.15) is 50.2 Å². The molecule has 1 aromatic carbocycles. The highest BCUT2D eigenvalue weighted by atomic mass is 127. The van der Waals surface area contributed by atoms with Gasteiger partial charge >= 0.3 is 0 Å². The number of hydrogen-bond acceptors (Lipinski definition) is 2. The summed E-state index contributed by atoms with van der Waals surface area (Å²) in [5.74, 6) is 2.42. The molecule has 29 heavy (non-hydrogen) atoms. The molecule has 0 saturated carbocycles. The van der Waals surface area contributed by atoms with Crippen LogP contribution in [0.25, 0.3) is 0 Å². The summed E-state index contributed by atoms with van der Waals surface area (Å²) < 4.78 is 1.87. The van der Waals surface area contributed by atoms with Crippen LogP contribution in [-0.2, 0) is 13.5 Å². The lowest BCUT2D eigenvalue weighted by Crippen LogP contribution is -2.48. The van der Waals surface area contributed by atoms with Gasteiger partial charge in [-0.3, -0.25) is 9.67 Å². The number of halogens is 1. The monoisotopic (exact) mass is 509 g/mol. The van der Waals surface area contributed by atoms with E-state index in [1.165, 1.54) is 24.0 Å². The molecule has 5 nitrogen and oxygen atoms in total. The topological polar surface area (TPSA) is 45.5 Å². The van der Waals surface area contributed by atoms with Crippen LogP contribution in [0, 0.1) is 5.92 Å². The third kappa shape index (κ3) is 6.73. The van der Waals surface area contributed by atoms with Gasteiger partial charge in [0, 0.05) is 39.4 Å². The molecule has 1 fully saturated rings. The van der Waals surface area contributed by atoms with Gasteiger partial charge in [0.1, 0.15) is 0 Å². The van der Waals surface area contributed by atoms with Crippen LogP contribution in [0.2, 0.25) is 0 Å². The lowest BCUT2D eigenvalue weighted by Gasteiger charge is -2.40. The molecule has 1 aliphatic heterocycles. The Hall–Kier alpha value is -1.57. The number of aromatic nitrogens is 2. The molecule has 2 aromatic rings. The van der Waals surface area contributed by atoms with Gasteiger partial charge in [0.25, 0.3) is 0 Å². The number of nitrogens with zero attached hydrogens (tertiary/aromatic N) is 4. The van der Waals surface area contributed by atoms with E-state index >= 15 is 0 Å². The second kappa shape index (κ2) is 12.2. The van der Waals surface area contributed by atoms with Crippen molar-refractivity contribution in [1.82, 2.24) is 20.0 Å². The highest BCUT2D eigenvalue weighted by Crippen LogP contribution is 2.34.